The van der Waals surface area contributed by atoms with Gasteiger partial charge in [-0.15, -0.1) is 10.2 Å². The first-order valence-corrected chi connectivity index (χ1v) is 11.0. The lowest BCUT2D eigenvalue weighted by Gasteiger charge is -2.17. The molecule has 0 fully saturated rings. The highest BCUT2D eigenvalue weighted by molar-refractivity contribution is 7.92. The summed E-state index contributed by atoms with van der Waals surface area (Å²) < 4.78 is 27.1. The Kier molecular flexibility index (Phi) is 5.25. The Morgan fingerprint density at radius 1 is 0.929 bits per heavy atom. The summed E-state index contributed by atoms with van der Waals surface area (Å²) in [5.41, 5.74) is 3.55. The quantitative estimate of drug-likeness (QED) is 0.663. The van der Waals surface area contributed by atoms with E-state index >= 15 is 0 Å². The number of nitrogens with one attached hydrogen (secondary N) is 1. The molecule has 0 radical (unpaired) electrons. The van der Waals surface area contributed by atoms with Crippen molar-refractivity contribution in [2.45, 2.75) is 19.3 Å². The lowest BCUT2D eigenvalue weighted by molar-refractivity contribution is 0.598. The summed E-state index contributed by atoms with van der Waals surface area (Å²) in [5, 5.41) is 8.29. The second kappa shape index (κ2) is 7.98. The van der Waals surface area contributed by atoms with Gasteiger partial charge >= 0.3 is 0 Å². The molecule has 2 aromatic carbocycles. The molecular formula is C21H22N4O2S. The van der Waals surface area contributed by atoms with Gasteiger partial charge in [-0.2, -0.15) is 0 Å². The van der Waals surface area contributed by atoms with Gasteiger partial charge in [0.05, 0.1) is 5.75 Å². The molecule has 1 N–H and O–H groups in total. The van der Waals surface area contributed by atoms with E-state index in [-0.39, 0.29) is 11.6 Å². The Balaban J connectivity index is 1.36. The maximum Gasteiger partial charge on any atom is 0.233 e. The van der Waals surface area contributed by atoms with Gasteiger partial charge in [0.1, 0.15) is 0 Å². The van der Waals surface area contributed by atoms with Gasteiger partial charge in [0.25, 0.3) is 0 Å². The number of fused-ring (bicyclic) bond motifs is 1. The number of nitrogens with zero attached hydrogens (tertiary/aromatic N) is 3. The van der Waals surface area contributed by atoms with Crippen LogP contribution in [0.15, 0.2) is 66.7 Å². The summed E-state index contributed by atoms with van der Waals surface area (Å²) in [7, 11) is -3.45. The average molecular weight is 395 g/mol. The van der Waals surface area contributed by atoms with Crippen LogP contribution in [0.1, 0.15) is 17.5 Å². The molecule has 28 heavy (non-hydrogen) atoms. The molecule has 0 atom stereocenters. The fraction of sp³-hybridized carbons (Fsp3) is 0.238. The van der Waals surface area contributed by atoms with E-state index < -0.39 is 10.0 Å². The Labute approximate surface area is 165 Å². The fourth-order valence-corrected chi connectivity index (χ4v) is 4.48. The van der Waals surface area contributed by atoms with Crippen LogP contribution in [0.25, 0.3) is 0 Å². The highest BCUT2D eigenvalue weighted by Crippen LogP contribution is 2.32. The monoisotopic (exact) mass is 394 g/mol. The first kappa shape index (κ1) is 18.4. The van der Waals surface area contributed by atoms with Crippen molar-refractivity contribution in [1.82, 2.24) is 10.2 Å². The van der Waals surface area contributed by atoms with Gasteiger partial charge in [-0.25, -0.2) is 8.42 Å². The van der Waals surface area contributed by atoms with Crippen molar-refractivity contribution in [3.05, 3.63) is 77.9 Å². The zero-order chi connectivity index (χ0) is 19.4. The van der Waals surface area contributed by atoms with E-state index in [1.165, 1.54) is 5.56 Å². The van der Waals surface area contributed by atoms with Crippen molar-refractivity contribution in [3.8, 4) is 0 Å². The van der Waals surface area contributed by atoms with Crippen LogP contribution in [0.5, 0.6) is 0 Å². The summed E-state index contributed by atoms with van der Waals surface area (Å²) in [6, 6.07) is 21.5. The highest BCUT2D eigenvalue weighted by Gasteiger charge is 2.21. The third kappa shape index (κ3) is 4.31. The second-order valence-corrected chi connectivity index (χ2v) is 8.66. The van der Waals surface area contributed by atoms with Crippen molar-refractivity contribution in [1.29, 1.82) is 0 Å². The van der Waals surface area contributed by atoms with Crippen molar-refractivity contribution < 1.29 is 8.42 Å². The van der Waals surface area contributed by atoms with Crippen molar-refractivity contribution in [3.63, 3.8) is 0 Å². The number of hydrogen-bond donors (Lipinski definition) is 1. The zero-order valence-electron chi connectivity index (χ0n) is 15.5. The third-order valence-electron chi connectivity index (χ3n) is 4.80. The number of anilines is 3. The Morgan fingerprint density at radius 3 is 2.50 bits per heavy atom. The molecule has 0 saturated carbocycles. The number of aromatic nitrogens is 2. The molecule has 7 heteroatoms. The first-order chi connectivity index (χ1) is 13.6. The predicted octanol–water partition coefficient (Wildman–Crippen LogP) is 3.55. The van der Waals surface area contributed by atoms with E-state index in [9.17, 15) is 8.42 Å². The molecule has 3 aromatic rings. The summed E-state index contributed by atoms with van der Waals surface area (Å²) in [5.74, 6) is 1.01. The molecular weight excluding hydrogens is 372 g/mol. The third-order valence-corrected chi connectivity index (χ3v) is 6.14. The maximum atomic E-state index is 12.3. The number of sulfonamides is 1. The average Bonchev–Trinajstić information content (AvgIpc) is 3.13. The normalized spacial score (nSPS) is 13.4. The molecule has 4 rings (SSSR count). The summed E-state index contributed by atoms with van der Waals surface area (Å²) in [6.07, 6.45) is 2.24. The molecule has 1 aliphatic heterocycles. The lowest BCUT2D eigenvalue weighted by atomic mass is 10.1. The smallest absolute Gasteiger partial charge is 0.233 e. The van der Waals surface area contributed by atoms with Crippen LogP contribution in [0.4, 0.5) is 17.3 Å². The molecule has 6 nitrogen and oxygen atoms in total. The predicted molar refractivity (Wildman–Crippen MR) is 111 cm³/mol. The van der Waals surface area contributed by atoms with E-state index in [0.29, 0.717) is 6.42 Å². The topological polar surface area (TPSA) is 75.2 Å². The van der Waals surface area contributed by atoms with Crippen LogP contribution >= 0.6 is 0 Å². The van der Waals surface area contributed by atoms with Crippen LogP contribution in [-0.4, -0.2) is 30.9 Å². The van der Waals surface area contributed by atoms with E-state index in [1.807, 2.05) is 42.5 Å². The first-order valence-electron chi connectivity index (χ1n) is 9.34. The van der Waals surface area contributed by atoms with Gasteiger partial charge in [-0.05, 0) is 48.6 Å². The second-order valence-electron chi connectivity index (χ2n) is 6.82. The highest BCUT2D eigenvalue weighted by atomic mass is 32.2. The molecule has 0 spiro atoms. The molecule has 1 aliphatic rings. The molecule has 0 bridgehead atoms. The standard InChI is InChI=1S/C21H22N4O2S/c26-28(27,16-6-9-17-7-2-1-3-8-17)24-20-12-13-21(23-22-20)25-15-14-18-10-4-5-11-19(18)25/h1-5,7-8,10-13H,6,9,14-16H2,(H,22,24). The molecule has 0 unspecified atom stereocenters. The molecule has 0 saturated heterocycles. The van der Waals surface area contributed by atoms with Crippen LogP contribution in [-0.2, 0) is 22.9 Å². The van der Waals surface area contributed by atoms with Crippen LogP contribution < -0.4 is 9.62 Å². The van der Waals surface area contributed by atoms with E-state index in [0.717, 1.165) is 36.5 Å². The molecule has 2 heterocycles. The zero-order valence-corrected chi connectivity index (χ0v) is 16.3. The van der Waals surface area contributed by atoms with E-state index in [2.05, 4.69) is 32.0 Å². The SMILES string of the molecule is O=S(=O)(CCCc1ccccc1)Nc1ccc(N2CCc3ccccc32)nn1. The molecule has 0 aliphatic carbocycles. The maximum absolute atomic E-state index is 12.3. The number of para-hydroxylation sites is 1. The van der Waals surface area contributed by atoms with Gasteiger partial charge in [-0.1, -0.05) is 48.5 Å². The summed E-state index contributed by atoms with van der Waals surface area (Å²) >= 11 is 0. The van der Waals surface area contributed by atoms with Crippen LogP contribution in [0, 0.1) is 0 Å². The van der Waals surface area contributed by atoms with Gasteiger partial charge in [0, 0.05) is 12.2 Å². The Hall–Kier alpha value is -2.93. The van der Waals surface area contributed by atoms with Gasteiger partial charge in [-0.3, -0.25) is 4.72 Å². The molecule has 1 aromatic heterocycles. The minimum atomic E-state index is -3.45. The fourth-order valence-electron chi connectivity index (χ4n) is 3.42. The number of rotatable bonds is 7. The summed E-state index contributed by atoms with van der Waals surface area (Å²) in [6.45, 7) is 0.846. The largest absolute Gasteiger partial charge is 0.324 e. The van der Waals surface area contributed by atoms with Gasteiger partial charge in [0.15, 0.2) is 11.6 Å². The van der Waals surface area contributed by atoms with Gasteiger partial charge in [0.2, 0.25) is 10.0 Å². The van der Waals surface area contributed by atoms with Crippen LogP contribution in [0.2, 0.25) is 0 Å². The lowest BCUT2D eigenvalue weighted by Crippen LogP contribution is -2.19. The molecule has 144 valence electrons. The Bertz CT molecular complexity index is 1040. The molecule has 0 amide bonds. The van der Waals surface area contributed by atoms with Crippen molar-refractivity contribution >= 4 is 27.3 Å². The van der Waals surface area contributed by atoms with E-state index in [4.69, 9.17) is 0 Å². The Morgan fingerprint density at radius 2 is 1.71 bits per heavy atom. The van der Waals surface area contributed by atoms with Crippen molar-refractivity contribution in [2.24, 2.45) is 0 Å². The number of benzene rings is 2. The van der Waals surface area contributed by atoms with E-state index in [1.54, 1.807) is 12.1 Å². The van der Waals surface area contributed by atoms with Crippen molar-refractivity contribution in [2.75, 3.05) is 21.9 Å². The number of aryl methyl sites for hydroxylation is 1. The minimum Gasteiger partial charge on any atom is -0.324 e. The summed E-state index contributed by atoms with van der Waals surface area (Å²) in [4.78, 5) is 2.10. The van der Waals surface area contributed by atoms with Gasteiger partial charge < -0.3 is 4.90 Å². The number of hydrogen-bond acceptors (Lipinski definition) is 5. The van der Waals surface area contributed by atoms with Crippen LogP contribution in [0.3, 0.4) is 0 Å². The minimum absolute atomic E-state index is 0.0465.